The lowest BCUT2D eigenvalue weighted by Gasteiger charge is -2.13. The van der Waals surface area contributed by atoms with Gasteiger partial charge in [-0.2, -0.15) is 0 Å². The van der Waals surface area contributed by atoms with Crippen LogP contribution in [0.25, 0.3) is 20.3 Å². The molecule has 1 aliphatic rings. The zero-order chi connectivity index (χ0) is 18.8. The Morgan fingerprint density at radius 3 is 2.89 bits per heavy atom. The highest BCUT2D eigenvalue weighted by atomic mass is 32.2. The van der Waals surface area contributed by atoms with Gasteiger partial charge in [0.25, 0.3) is 5.56 Å². The van der Waals surface area contributed by atoms with Crippen molar-refractivity contribution in [3.05, 3.63) is 34.6 Å². The van der Waals surface area contributed by atoms with E-state index in [0.717, 1.165) is 28.4 Å². The Morgan fingerprint density at radius 2 is 2.11 bits per heavy atom. The number of hydrogen-bond donors (Lipinski definition) is 1. The standard InChI is InChI=1S/C20H23N3O2S2/c1-26-20-22-17-14-9-4-5-10-15(14)27-18(17)19(25)23(20)12-6-11-16(24)21-13-7-2-3-8-13/h4-5,9-10,13H,2-3,6-8,11-12H2,1H3,(H,21,24). The molecule has 7 heteroatoms. The fourth-order valence-electron chi connectivity index (χ4n) is 3.77. The predicted octanol–water partition coefficient (Wildman–Crippen LogP) is 4.17. The molecule has 0 radical (unpaired) electrons. The molecule has 0 unspecified atom stereocenters. The molecule has 1 N–H and O–H groups in total. The summed E-state index contributed by atoms with van der Waals surface area (Å²) in [4.78, 5) is 30.0. The van der Waals surface area contributed by atoms with Gasteiger partial charge in [0.05, 0.1) is 5.52 Å². The molecule has 0 bridgehead atoms. The van der Waals surface area contributed by atoms with Gasteiger partial charge in [-0.15, -0.1) is 11.3 Å². The Kier molecular flexibility index (Phi) is 5.50. The maximum atomic E-state index is 13.1. The Hall–Kier alpha value is -1.86. The smallest absolute Gasteiger partial charge is 0.272 e. The van der Waals surface area contributed by atoms with E-state index in [1.807, 2.05) is 30.5 Å². The molecule has 4 rings (SSSR count). The third-order valence-electron chi connectivity index (χ3n) is 5.14. The van der Waals surface area contributed by atoms with Gasteiger partial charge in [0, 0.05) is 29.1 Å². The lowest BCUT2D eigenvalue weighted by molar-refractivity contribution is -0.121. The minimum absolute atomic E-state index is 0.00162. The fourth-order valence-corrected chi connectivity index (χ4v) is 5.44. The molecule has 2 heterocycles. The van der Waals surface area contributed by atoms with Crippen molar-refractivity contribution < 1.29 is 4.79 Å². The van der Waals surface area contributed by atoms with Crippen LogP contribution in [-0.4, -0.2) is 27.8 Å². The molecule has 27 heavy (non-hydrogen) atoms. The van der Waals surface area contributed by atoms with E-state index in [9.17, 15) is 9.59 Å². The summed E-state index contributed by atoms with van der Waals surface area (Å²) in [6.07, 6.45) is 7.62. The normalized spacial score (nSPS) is 15.0. The molecule has 0 spiro atoms. The van der Waals surface area contributed by atoms with Gasteiger partial charge in [0.15, 0.2) is 5.16 Å². The largest absolute Gasteiger partial charge is 0.353 e. The van der Waals surface area contributed by atoms with Crippen molar-refractivity contribution in [1.82, 2.24) is 14.9 Å². The summed E-state index contributed by atoms with van der Waals surface area (Å²) in [7, 11) is 0. The van der Waals surface area contributed by atoms with Crippen LogP contribution < -0.4 is 10.9 Å². The van der Waals surface area contributed by atoms with Crippen molar-refractivity contribution in [2.24, 2.45) is 0 Å². The molecule has 1 fully saturated rings. The third kappa shape index (κ3) is 3.75. The molecule has 142 valence electrons. The van der Waals surface area contributed by atoms with Crippen LogP contribution in [0.1, 0.15) is 38.5 Å². The van der Waals surface area contributed by atoms with Crippen molar-refractivity contribution >= 4 is 49.3 Å². The fraction of sp³-hybridized carbons (Fsp3) is 0.450. The SMILES string of the molecule is CSc1nc2c(sc3ccccc32)c(=O)n1CCCC(=O)NC1CCCC1. The van der Waals surface area contributed by atoms with Crippen LogP contribution >= 0.6 is 23.1 Å². The number of carbonyl (C=O) groups is 1. The second-order valence-electron chi connectivity index (χ2n) is 6.98. The molecule has 1 saturated carbocycles. The molecule has 1 aliphatic carbocycles. The van der Waals surface area contributed by atoms with Gasteiger partial charge in [-0.3, -0.25) is 14.2 Å². The highest BCUT2D eigenvalue weighted by Gasteiger charge is 2.18. The van der Waals surface area contributed by atoms with E-state index in [1.165, 1.54) is 35.9 Å². The van der Waals surface area contributed by atoms with Gasteiger partial charge in [0.1, 0.15) is 4.70 Å². The van der Waals surface area contributed by atoms with Gasteiger partial charge in [0.2, 0.25) is 5.91 Å². The number of hydrogen-bond acceptors (Lipinski definition) is 5. The molecule has 3 aromatic rings. The van der Waals surface area contributed by atoms with Crippen molar-refractivity contribution in [3.8, 4) is 0 Å². The summed E-state index contributed by atoms with van der Waals surface area (Å²) in [5.74, 6) is 0.0940. The monoisotopic (exact) mass is 401 g/mol. The average molecular weight is 402 g/mol. The molecule has 1 aromatic carbocycles. The van der Waals surface area contributed by atoms with E-state index in [1.54, 1.807) is 4.57 Å². The highest BCUT2D eigenvalue weighted by Crippen LogP contribution is 2.31. The Bertz CT molecular complexity index is 1030. The number of thioether (sulfide) groups is 1. The van der Waals surface area contributed by atoms with E-state index in [-0.39, 0.29) is 11.5 Å². The number of carbonyl (C=O) groups excluding carboxylic acids is 1. The van der Waals surface area contributed by atoms with E-state index >= 15 is 0 Å². The minimum atomic E-state index is 0.00162. The van der Waals surface area contributed by atoms with Crippen molar-refractivity contribution in [3.63, 3.8) is 0 Å². The second-order valence-corrected chi connectivity index (χ2v) is 8.81. The first-order valence-corrected chi connectivity index (χ1v) is 11.5. The first-order chi connectivity index (χ1) is 13.2. The predicted molar refractivity (Wildman–Crippen MR) is 113 cm³/mol. The van der Waals surface area contributed by atoms with Gasteiger partial charge in [-0.1, -0.05) is 42.8 Å². The van der Waals surface area contributed by atoms with E-state index in [2.05, 4.69) is 5.32 Å². The highest BCUT2D eigenvalue weighted by molar-refractivity contribution is 7.98. The number of thiophene rings is 1. The number of benzene rings is 1. The van der Waals surface area contributed by atoms with Crippen molar-refractivity contribution in [2.75, 3.05) is 6.26 Å². The number of amides is 1. The Labute approximate surface area is 166 Å². The molecule has 1 amide bonds. The van der Waals surface area contributed by atoms with Crippen LogP contribution in [0.15, 0.2) is 34.2 Å². The molecule has 0 saturated heterocycles. The van der Waals surface area contributed by atoms with Gasteiger partial charge in [-0.25, -0.2) is 4.98 Å². The van der Waals surface area contributed by atoms with Gasteiger partial charge in [-0.05, 0) is 31.6 Å². The number of rotatable bonds is 6. The van der Waals surface area contributed by atoms with E-state index in [0.29, 0.717) is 35.3 Å². The van der Waals surface area contributed by atoms with Crippen LogP contribution in [0.3, 0.4) is 0 Å². The quantitative estimate of drug-likeness (QED) is 0.497. The summed E-state index contributed by atoms with van der Waals surface area (Å²) in [5, 5.41) is 4.86. The van der Waals surface area contributed by atoms with Crippen molar-refractivity contribution in [2.45, 2.75) is 56.3 Å². The van der Waals surface area contributed by atoms with Crippen LogP contribution in [0, 0.1) is 0 Å². The maximum Gasteiger partial charge on any atom is 0.272 e. The Morgan fingerprint density at radius 1 is 1.33 bits per heavy atom. The zero-order valence-electron chi connectivity index (χ0n) is 15.4. The maximum absolute atomic E-state index is 13.1. The molecular formula is C20H23N3O2S2. The van der Waals surface area contributed by atoms with Gasteiger partial charge >= 0.3 is 0 Å². The van der Waals surface area contributed by atoms with Crippen LogP contribution in [0.5, 0.6) is 0 Å². The summed E-state index contributed by atoms with van der Waals surface area (Å²) < 4.78 is 3.51. The number of aromatic nitrogens is 2. The first kappa shape index (κ1) is 18.5. The van der Waals surface area contributed by atoms with Crippen LogP contribution in [-0.2, 0) is 11.3 Å². The summed E-state index contributed by atoms with van der Waals surface area (Å²) in [6, 6.07) is 8.34. The summed E-state index contributed by atoms with van der Waals surface area (Å²) in [6.45, 7) is 0.518. The average Bonchev–Trinajstić information content (AvgIpc) is 3.31. The Balaban J connectivity index is 1.54. The van der Waals surface area contributed by atoms with E-state index < -0.39 is 0 Å². The summed E-state index contributed by atoms with van der Waals surface area (Å²) in [5.41, 5.74) is 0.793. The molecular weight excluding hydrogens is 378 g/mol. The molecule has 2 aromatic heterocycles. The van der Waals surface area contributed by atoms with Crippen LogP contribution in [0.4, 0.5) is 0 Å². The molecule has 5 nitrogen and oxygen atoms in total. The van der Waals surface area contributed by atoms with Crippen molar-refractivity contribution in [1.29, 1.82) is 0 Å². The molecule has 0 atom stereocenters. The number of nitrogens with zero attached hydrogens (tertiary/aromatic N) is 2. The first-order valence-electron chi connectivity index (χ1n) is 9.43. The second kappa shape index (κ2) is 8.02. The number of fused-ring (bicyclic) bond motifs is 3. The molecule has 0 aliphatic heterocycles. The number of nitrogens with one attached hydrogen (secondary N) is 1. The van der Waals surface area contributed by atoms with Gasteiger partial charge < -0.3 is 5.32 Å². The lowest BCUT2D eigenvalue weighted by Crippen LogP contribution is -2.32. The topological polar surface area (TPSA) is 64.0 Å². The summed E-state index contributed by atoms with van der Waals surface area (Å²) >= 11 is 2.98. The third-order valence-corrected chi connectivity index (χ3v) is 6.96. The lowest BCUT2D eigenvalue weighted by atomic mass is 10.2. The van der Waals surface area contributed by atoms with Crippen LogP contribution in [0.2, 0.25) is 0 Å². The minimum Gasteiger partial charge on any atom is -0.353 e. The zero-order valence-corrected chi connectivity index (χ0v) is 17.0. The van der Waals surface area contributed by atoms with E-state index in [4.69, 9.17) is 4.98 Å².